The van der Waals surface area contributed by atoms with E-state index < -0.39 is 17.7 Å². The number of rotatable bonds is 10. The molecule has 0 rings (SSSR count). The second-order valence-electron chi connectivity index (χ2n) is 6.35. The molecule has 7 heteroatoms. The number of hydrogen-bond acceptors (Lipinski definition) is 4. The minimum absolute atomic E-state index is 0.0824. The fourth-order valence-electron chi connectivity index (χ4n) is 2.31. The Morgan fingerprint density at radius 2 is 1.82 bits per heavy atom. The summed E-state index contributed by atoms with van der Waals surface area (Å²) in [6.07, 6.45) is 2.08. The van der Waals surface area contributed by atoms with Gasteiger partial charge in [0.1, 0.15) is 6.04 Å². The van der Waals surface area contributed by atoms with Gasteiger partial charge in [-0.3, -0.25) is 9.69 Å². The molecule has 0 aromatic heterocycles. The van der Waals surface area contributed by atoms with Gasteiger partial charge >= 0.3 is 6.09 Å². The molecule has 2 amide bonds. The zero-order chi connectivity index (χ0) is 17.2. The molecule has 22 heavy (non-hydrogen) atoms. The average molecular weight is 317 g/mol. The number of carboxylic acid groups (broad SMARTS) is 1. The first-order chi connectivity index (χ1) is 10.3. The van der Waals surface area contributed by atoms with E-state index in [1.165, 1.54) is 4.90 Å². The van der Waals surface area contributed by atoms with E-state index in [1.807, 2.05) is 0 Å². The van der Waals surface area contributed by atoms with Gasteiger partial charge in [0.25, 0.3) is 0 Å². The molecule has 0 aliphatic heterocycles. The summed E-state index contributed by atoms with van der Waals surface area (Å²) in [5.74, 6) is -0.285. The second kappa shape index (κ2) is 10.4. The van der Waals surface area contributed by atoms with Crippen molar-refractivity contribution in [1.29, 1.82) is 0 Å². The summed E-state index contributed by atoms with van der Waals surface area (Å²) in [5.41, 5.74) is 4.81. The number of nitrogens with one attached hydrogen (secondary N) is 1. The molecule has 0 saturated heterocycles. The van der Waals surface area contributed by atoms with Crippen molar-refractivity contribution >= 4 is 12.0 Å². The van der Waals surface area contributed by atoms with Crippen molar-refractivity contribution in [3.8, 4) is 0 Å². The molecule has 0 aliphatic carbocycles. The third-order valence-corrected chi connectivity index (χ3v) is 3.36. The molecule has 5 N–H and O–H groups in total. The maximum atomic E-state index is 12.4. The predicted octanol–water partition coefficient (Wildman–Crippen LogP) is 1.15. The summed E-state index contributed by atoms with van der Waals surface area (Å²) in [6.45, 7) is 6.36. The van der Waals surface area contributed by atoms with Crippen molar-refractivity contribution in [2.24, 2.45) is 5.73 Å². The van der Waals surface area contributed by atoms with Gasteiger partial charge in [-0.2, -0.15) is 0 Å². The van der Waals surface area contributed by atoms with Crippen LogP contribution in [0.15, 0.2) is 0 Å². The van der Waals surface area contributed by atoms with E-state index >= 15 is 0 Å². The first-order valence-corrected chi connectivity index (χ1v) is 7.86. The third kappa shape index (κ3) is 7.61. The van der Waals surface area contributed by atoms with Crippen LogP contribution < -0.4 is 11.1 Å². The van der Waals surface area contributed by atoms with Crippen molar-refractivity contribution in [1.82, 2.24) is 10.2 Å². The van der Waals surface area contributed by atoms with E-state index in [0.717, 1.165) is 6.42 Å². The standard InChI is InChI=1S/C15H31N3O4/c1-15(2,3)18(14(21)22)12(8-4-5-9-16)13(20)17-10-6-7-11-19/h12,19H,4-11,16H2,1-3H3,(H,17,20)(H,21,22). The van der Waals surface area contributed by atoms with E-state index in [0.29, 0.717) is 38.8 Å². The summed E-state index contributed by atoms with van der Waals surface area (Å²) < 4.78 is 0. The van der Waals surface area contributed by atoms with E-state index in [-0.39, 0.29) is 12.5 Å². The Labute approximate surface area is 132 Å². The Morgan fingerprint density at radius 3 is 2.27 bits per heavy atom. The lowest BCUT2D eigenvalue weighted by atomic mass is 9.99. The number of hydrogen-bond donors (Lipinski definition) is 4. The van der Waals surface area contributed by atoms with Gasteiger partial charge in [0.2, 0.25) is 5.91 Å². The molecule has 7 nitrogen and oxygen atoms in total. The van der Waals surface area contributed by atoms with Gasteiger partial charge in [-0.25, -0.2) is 4.79 Å². The molecule has 0 spiro atoms. The quantitative estimate of drug-likeness (QED) is 0.451. The summed E-state index contributed by atoms with van der Waals surface area (Å²) in [7, 11) is 0. The lowest BCUT2D eigenvalue weighted by Gasteiger charge is -2.38. The predicted molar refractivity (Wildman–Crippen MR) is 85.6 cm³/mol. The zero-order valence-corrected chi connectivity index (χ0v) is 14.0. The Kier molecular flexibility index (Phi) is 9.76. The third-order valence-electron chi connectivity index (χ3n) is 3.36. The molecule has 0 aliphatic rings. The van der Waals surface area contributed by atoms with Gasteiger partial charge in [-0.1, -0.05) is 0 Å². The summed E-state index contributed by atoms with van der Waals surface area (Å²) in [5, 5.41) is 21.0. The molecular formula is C15H31N3O4. The largest absolute Gasteiger partial charge is 0.465 e. The number of unbranched alkanes of at least 4 members (excludes halogenated alkanes) is 2. The maximum Gasteiger partial charge on any atom is 0.408 e. The lowest BCUT2D eigenvalue weighted by molar-refractivity contribution is -0.128. The first-order valence-electron chi connectivity index (χ1n) is 7.86. The van der Waals surface area contributed by atoms with Gasteiger partial charge < -0.3 is 21.3 Å². The van der Waals surface area contributed by atoms with Crippen LogP contribution in [0.3, 0.4) is 0 Å². The topological polar surface area (TPSA) is 116 Å². The molecule has 0 radical (unpaired) electrons. The van der Waals surface area contributed by atoms with Crippen LogP contribution in [0.25, 0.3) is 0 Å². The lowest BCUT2D eigenvalue weighted by Crippen LogP contribution is -2.56. The average Bonchev–Trinajstić information content (AvgIpc) is 2.40. The van der Waals surface area contributed by atoms with Crippen molar-refractivity contribution in [3.63, 3.8) is 0 Å². The molecular weight excluding hydrogens is 286 g/mol. The number of nitrogens with two attached hydrogens (primary N) is 1. The van der Waals surface area contributed by atoms with E-state index in [1.54, 1.807) is 20.8 Å². The highest BCUT2D eigenvalue weighted by Gasteiger charge is 2.36. The fourth-order valence-corrected chi connectivity index (χ4v) is 2.31. The highest BCUT2D eigenvalue weighted by molar-refractivity contribution is 5.85. The highest BCUT2D eigenvalue weighted by Crippen LogP contribution is 2.21. The van der Waals surface area contributed by atoms with E-state index in [4.69, 9.17) is 10.8 Å². The van der Waals surface area contributed by atoms with Gasteiger partial charge in [0.05, 0.1) is 0 Å². The Morgan fingerprint density at radius 1 is 1.18 bits per heavy atom. The number of aliphatic hydroxyl groups is 1. The van der Waals surface area contributed by atoms with Crippen LogP contribution >= 0.6 is 0 Å². The molecule has 0 saturated carbocycles. The van der Waals surface area contributed by atoms with Gasteiger partial charge in [0, 0.05) is 18.7 Å². The van der Waals surface area contributed by atoms with Gasteiger partial charge in [-0.05, 0) is 59.4 Å². The van der Waals surface area contributed by atoms with Crippen LogP contribution in [-0.4, -0.2) is 58.4 Å². The van der Waals surface area contributed by atoms with Gasteiger partial charge in [-0.15, -0.1) is 0 Å². The zero-order valence-electron chi connectivity index (χ0n) is 14.0. The SMILES string of the molecule is CC(C)(C)N(C(=O)O)C(CCCCN)C(=O)NCCCCO. The van der Waals surface area contributed by atoms with Crippen molar-refractivity contribution < 1.29 is 19.8 Å². The number of nitrogens with zero attached hydrogens (tertiary/aromatic N) is 1. The molecule has 0 aromatic carbocycles. The number of amides is 2. The Hall–Kier alpha value is -1.34. The molecule has 130 valence electrons. The molecule has 0 heterocycles. The smallest absolute Gasteiger partial charge is 0.408 e. The number of carbonyl (C=O) groups is 2. The molecule has 0 aromatic rings. The van der Waals surface area contributed by atoms with Crippen LogP contribution in [0.5, 0.6) is 0 Å². The van der Waals surface area contributed by atoms with Crippen LogP contribution in [-0.2, 0) is 4.79 Å². The monoisotopic (exact) mass is 317 g/mol. The molecule has 1 atom stereocenters. The van der Waals surface area contributed by atoms with Crippen LogP contribution in [0.1, 0.15) is 52.9 Å². The normalized spacial score (nSPS) is 12.8. The summed E-state index contributed by atoms with van der Waals surface area (Å²) in [4.78, 5) is 25.2. The van der Waals surface area contributed by atoms with Crippen molar-refractivity contribution in [3.05, 3.63) is 0 Å². The summed E-state index contributed by atoms with van der Waals surface area (Å²) >= 11 is 0. The van der Waals surface area contributed by atoms with Crippen molar-refractivity contribution in [2.45, 2.75) is 64.5 Å². The van der Waals surface area contributed by atoms with Crippen LogP contribution in [0, 0.1) is 0 Å². The molecule has 0 bridgehead atoms. The van der Waals surface area contributed by atoms with Crippen LogP contribution in [0.4, 0.5) is 4.79 Å². The Bertz CT molecular complexity index is 342. The highest BCUT2D eigenvalue weighted by atomic mass is 16.4. The molecule has 0 fully saturated rings. The number of carbonyl (C=O) groups excluding carboxylic acids is 1. The first kappa shape index (κ1) is 20.7. The van der Waals surface area contributed by atoms with E-state index in [2.05, 4.69) is 5.32 Å². The van der Waals surface area contributed by atoms with Crippen molar-refractivity contribution in [2.75, 3.05) is 19.7 Å². The fraction of sp³-hybridized carbons (Fsp3) is 0.867. The maximum absolute atomic E-state index is 12.4. The van der Waals surface area contributed by atoms with E-state index in [9.17, 15) is 14.7 Å². The van der Waals surface area contributed by atoms with Gasteiger partial charge in [0.15, 0.2) is 0 Å². The second-order valence-corrected chi connectivity index (χ2v) is 6.35. The molecule has 1 unspecified atom stereocenters. The summed E-state index contributed by atoms with van der Waals surface area (Å²) in [6, 6.07) is -0.724. The Balaban J connectivity index is 4.91. The van der Waals surface area contributed by atoms with Crippen LogP contribution in [0.2, 0.25) is 0 Å². The minimum atomic E-state index is -1.10. The minimum Gasteiger partial charge on any atom is -0.465 e. The number of aliphatic hydroxyl groups excluding tert-OH is 1.